The lowest BCUT2D eigenvalue weighted by atomic mass is 9.96. The molecule has 1 amide bonds. The minimum Gasteiger partial charge on any atom is -0.354 e. The molecule has 24 heavy (non-hydrogen) atoms. The van der Waals surface area contributed by atoms with Crippen LogP contribution >= 0.6 is 0 Å². The standard InChI is InChI=1S/C20H25FN2O/c1-3-17(18-7-5-4-6-8-18)13-22-20(24)15-23(2)14-16-9-11-19(21)12-10-16/h4-12,17H,3,13-15H2,1-2H3,(H,22,24). The maximum Gasteiger partial charge on any atom is 0.234 e. The van der Waals surface area contributed by atoms with Crippen LogP contribution in [0.3, 0.4) is 0 Å². The number of hydrogen-bond donors (Lipinski definition) is 1. The molecule has 0 aromatic heterocycles. The summed E-state index contributed by atoms with van der Waals surface area (Å²) in [6.07, 6.45) is 0.982. The Morgan fingerprint density at radius 2 is 1.79 bits per heavy atom. The van der Waals surface area contributed by atoms with Crippen LogP contribution in [0.4, 0.5) is 4.39 Å². The number of carbonyl (C=O) groups excluding carboxylic acids is 1. The van der Waals surface area contributed by atoms with E-state index in [0.29, 0.717) is 25.6 Å². The van der Waals surface area contributed by atoms with E-state index in [2.05, 4.69) is 24.4 Å². The van der Waals surface area contributed by atoms with Crippen LogP contribution in [0.25, 0.3) is 0 Å². The lowest BCUT2D eigenvalue weighted by molar-refractivity contribution is -0.122. The maximum atomic E-state index is 12.9. The molecular weight excluding hydrogens is 303 g/mol. The minimum atomic E-state index is -0.245. The number of carbonyl (C=O) groups is 1. The Hall–Kier alpha value is -2.20. The zero-order valence-electron chi connectivity index (χ0n) is 14.3. The van der Waals surface area contributed by atoms with E-state index >= 15 is 0 Å². The van der Waals surface area contributed by atoms with Crippen molar-refractivity contribution < 1.29 is 9.18 Å². The topological polar surface area (TPSA) is 32.3 Å². The summed E-state index contributed by atoms with van der Waals surface area (Å²) in [5.41, 5.74) is 2.24. The molecule has 4 heteroatoms. The van der Waals surface area contributed by atoms with Crippen molar-refractivity contribution in [3.05, 3.63) is 71.5 Å². The van der Waals surface area contributed by atoms with E-state index < -0.39 is 0 Å². The van der Waals surface area contributed by atoms with Gasteiger partial charge in [0.05, 0.1) is 6.54 Å². The van der Waals surface area contributed by atoms with E-state index in [0.717, 1.165) is 12.0 Å². The second kappa shape index (κ2) is 9.18. The third kappa shape index (κ3) is 5.78. The highest BCUT2D eigenvalue weighted by Gasteiger charge is 2.12. The number of nitrogens with one attached hydrogen (secondary N) is 1. The molecule has 2 aromatic carbocycles. The molecule has 1 atom stereocenters. The van der Waals surface area contributed by atoms with Crippen LogP contribution in [0.15, 0.2) is 54.6 Å². The number of hydrogen-bond acceptors (Lipinski definition) is 2. The third-order valence-corrected chi connectivity index (χ3v) is 4.09. The fraction of sp³-hybridized carbons (Fsp3) is 0.350. The molecule has 2 rings (SSSR count). The fourth-order valence-electron chi connectivity index (χ4n) is 2.72. The van der Waals surface area contributed by atoms with Gasteiger partial charge in [0.25, 0.3) is 0 Å². The summed E-state index contributed by atoms with van der Waals surface area (Å²) in [6.45, 7) is 3.71. The SMILES string of the molecule is CCC(CNC(=O)CN(C)Cc1ccc(F)cc1)c1ccccc1. The highest BCUT2D eigenvalue weighted by atomic mass is 19.1. The number of likely N-dealkylation sites (N-methyl/N-ethyl adjacent to an activating group) is 1. The van der Waals surface area contributed by atoms with Gasteiger partial charge in [-0.3, -0.25) is 9.69 Å². The monoisotopic (exact) mass is 328 g/mol. The molecule has 0 heterocycles. The fourth-order valence-corrected chi connectivity index (χ4v) is 2.72. The Morgan fingerprint density at radius 1 is 1.12 bits per heavy atom. The number of rotatable bonds is 8. The van der Waals surface area contributed by atoms with Crippen LogP contribution < -0.4 is 5.32 Å². The summed E-state index contributed by atoms with van der Waals surface area (Å²) in [5, 5.41) is 3.02. The molecule has 3 nitrogen and oxygen atoms in total. The normalized spacial score (nSPS) is 12.2. The molecule has 2 aromatic rings. The van der Waals surface area contributed by atoms with Gasteiger partial charge in [0.2, 0.25) is 5.91 Å². The van der Waals surface area contributed by atoms with E-state index in [1.54, 1.807) is 12.1 Å². The molecule has 0 saturated carbocycles. The first kappa shape index (κ1) is 18.1. The van der Waals surface area contributed by atoms with E-state index in [4.69, 9.17) is 0 Å². The molecule has 0 spiro atoms. The van der Waals surface area contributed by atoms with Crippen LogP contribution in [-0.4, -0.2) is 30.9 Å². The molecular formula is C20H25FN2O. The van der Waals surface area contributed by atoms with E-state index in [9.17, 15) is 9.18 Å². The van der Waals surface area contributed by atoms with Crippen LogP contribution in [0.5, 0.6) is 0 Å². The van der Waals surface area contributed by atoms with Gasteiger partial charge in [-0.1, -0.05) is 49.4 Å². The molecule has 0 aliphatic carbocycles. The van der Waals surface area contributed by atoms with Crippen molar-refractivity contribution in [2.45, 2.75) is 25.8 Å². The molecule has 0 aliphatic heterocycles. The van der Waals surface area contributed by atoms with E-state index in [-0.39, 0.29) is 11.7 Å². The molecule has 1 unspecified atom stereocenters. The van der Waals surface area contributed by atoms with Gasteiger partial charge in [-0.15, -0.1) is 0 Å². The Kier molecular flexibility index (Phi) is 6.94. The largest absolute Gasteiger partial charge is 0.354 e. The zero-order valence-corrected chi connectivity index (χ0v) is 14.3. The Labute approximate surface area is 143 Å². The molecule has 0 fully saturated rings. The van der Waals surface area contributed by atoms with Crippen LogP contribution in [0.1, 0.15) is 30.4 Å². The Morgan fingerprint density at radius 3 is 2.42 bits per heavy atom. The lowest BCUT2D eigenvalue weighted by Gasteiger charge is -2.19. The summed E-state index contributed by atoms with van der Waals surface area (Å²) in [4.78, 5) is 14.1. The summed E-state index contributed by atoms with van der Waals surface area (Å²) < 4.78 is 12.9. The van der Waals surface area contributed by atoms with E-state index in [1.165, 1.54) is 17.7 Å². The van der Waals surface area contributed by atoms with Gasteiger partial charge in [-0.25, -0.2) is 4.39 Å². The van der Waals surface area contributed by atoms with Crippen LogP contribution in [-0.2, 0) is 11.3 Å². The summed E-state index contributed by atoms with van der Waals surface area (Å²) in [6, 6.07) is 16.6. The smallest absolute Gasteiger partial charge is 0.234 e. The van der Waals surface area contributed by atoms with Crippen molar-refractivity contribution in [3.63, 3.8) is 0 Å². The second-order valence-corrected chi connectivity index (χ2v) is 6.12. The van der Waals surface area contributed by atoms with Gasteiger partial charge in [0, 0.05) is 19.0 Å². The predicted octanol–water partition coefficient (Wildman–Crippen LogP) is 3.57. The van der Waals surface area contributed by atoms with Gasteiger partial charge in [-0.05, 0) is 36.7 Å². The Balaban J connectivity index is 1.78. The number of amides is 1. The third-order valence-electron chi connectivity index (χ3n) is 4.09. The first-order valence-corrected chi connectivity index (χ1v) is 8.33. The average Bonchev–Trinajstić information content (AvgIpc) is 2.58. The number of halogens is 1. The summed E-state index contributed by atoms with van der Waals surface area (Å²) in [5.74, 6) is 0.0946. The van der Waals surface area contributed by atoms with Crippen LogP contribution in [0, 0.1) is 5.82 Å². The average molecular weight is 328 g/mol. The quantitative estimate of drug-likeness (QED) is 0.803. The van der Waals surface area contributed by atoms with Crippen molar-refractivity contribution >= 4 is 5.91 Å². The van der Waals surface area contributed by atoms with Gasteiger partial charge < -0.3 is 5.32 Å². The van der Waals surface area contributed by atoms with Crippen LogP contribution in [0.2, 0.25) is 0 Å². The maximum absolute atomic E-state index is 12.9. The highest BCUT2D eigenvalue weighted by molar-refractivity contribution is 5.78. The molecule has 128 valence electrons. The molecule has 0 aliphatic rings. The van der Waals surface area contributed by atoms with E-state index in [1.807, 2.05) is 30.1 Å². The summed E-state index contributed by atoms with van der Waals surface area (Å²) >= 11 is 0. The molecule has 0 saturated heterocycles. The number of benzene rings is 2. The Bertz CT molecular complexity index is 628. The molecule has 1 N–H and O–H groups in total. The second-order valence-electron chi connectivity index (χ2n) is 6.12. The molecule has 0 radical (unpaired) electrons. The minimum absolute atomic E-state index is 0.00833. The predicted molar refractivity (Wildman–Crippen MR) is 95.2 cm³/mol. The first-order chi connectivity index (χ1) is 11.6. The lowest BCUT2D eigenvalue weighted by Crippen LogP contribution is -2.36. The van der Waals surface area contributed by atoms with Crippen molar-refractivity contribution in [2.75, 3.05) is 20.1 Å². The zero-order chi connectivity index (χ0) is 17.4. The van der Waals surface area contributed by atoms with Crippen molar-refractivity contribution in [1.29, 1.82) is 0 Å². The summed E-state index contributed by atoms with van der Waals surface area (Å²) in [7, 11) is 1.89. The molecule has 0 bridgehead atoms. The van der Waals surface area contributed by atoms with Crippen molar-refractivity contribution in [2.24, 2.45) is 0 Å². The first-order valence-electron chi connectivity index (χ1n) is 8.33. The van der Waals surface area contributed by atoms with Gasteiger partial charge in [0.1, 0.15) is 5.82 Å². The van der Waals surface area contributed by atoms with Crippen molar-refractivity contribution in [3.8, 4) is 0 Å². The van der Waals surface area contributed by atoms with Crippen molar-refractivity contribution in [1.82, 2.24) is 10.2 Å². The highest BCUT2D eigenvalue weighted by Crippen LogP contribution is 2.17. The van der Waals surface area contributed by atoms with Gasteiger partial charge in [-0.2, -0.15) is 0 Å². The van der Waals surface area contributed by atoms with Gasteiger partial charge >= 0.3 is 0 Å². The van der Waals surface area contributed by atoms with Gasteiger partial charge in [0.15, 0.2) is 0 Å². The number of nitrogens with zero attached hydrogens (tertiary/aromatic N) is 1.